The number of imide groups is 1. The van der Waals surface area contributed by atoms with Crippen LogP contribution in [0.4, 0.5) is 5.69 Å². The van der Waals surface area contributed by atoms with Gasteiger partial charge in [0, 0.05) is 10.0 Å². The Bertz CT molecular complexity index is 1070. The zero-order valence-corrected chi connectivity index (χ0v) is 17.8. The number of amides is 3. The largest absolute Gasteiger partial charge is 0.280 e. The number of hydrogen-bond acceptors (Lipinski definition) is 5. The summed E-state index contributed by atoms with van der Waals surface area (Å²) in [6.45, 7) is 0. The quantitative estimate of drug-likeness (QED) is 0.381. The molecular formula is C20H12Cl2N2O3S2. The summed E-state index contributed by atoms with van der Waals surface area (Å²) in [5.74, 6) is -1.27. The maximum Gasteiger partial charge on any atom is 0.266 e. The van der Waals surface area contributed by atoms with E-state index in [1.165, 1.54) is 4.90 Å². The molecule has 9 heteroatoms. The van der Waals surface area contributed by atoms with Crippen molar-refractivity contribution in [1.82, 2.24) is 4.90 Å². The molecule has 2 aromatic carbocycles. The Labute approximate surface area is 186 Å². The zero-order valence-electron chi connectivity index (χ0n) is 14.7. The van der Waals surface area contributed by atoms with E-state index in [4.69, 9.17) is 35.4 Å². The molecule has 2 aliphatic rings. The molecule has 146 valence electrons. The van der Waals surface area contributed by atoms with Crippen molar-refractivity contribution in [3.63, 3.8) is 0 Å². The van der Waals surface area contributed by atoms with Crippen molar-refractivity contribution in [2.75, 3.05) is 4.90 Å². The van der Waals surface area contributed by atoms with Crippen LogP contribution in [0.15, 0.2) is 53.4 Å². The van der Waals surface area contributed by atoms with Gasteiger partial charge in [-0.2, -0.15) is 0 Å². The summed E-state index contributed by atoms with van der Waals surface area (Å²) in [5.41, 5.74) is 1.19. The molecular weight excluding hydrogens is 451 g/mol. The van der Waals surface area contributed by atoms with Crippen LogP contribution in [0.2, 0.25) is 10.0 Å². The fourth-order valence-corrected chi connectivity index (χ4v) is 4.75. The van der Waals surface area contributed by atoms with Crippen molar-refractivity contribution in [3.05, 3.63) is 69.0 Å². The van der Waals surface area contributed by atoms with Crippen molar-refractivity contribution in [2.24, 2.45) is 0 Å². The lowest BCUT2D eigenvalue weighted by Gasteiger charge is -2.21. The predicted molar refractivity (Wildman–Crippen MR) is 119 cm³/mol. The van der Waals surface area contributed by atoms with Gasteiger partial charge in [0.2, 0.25) is 5.91 Å². The molecule has 0 saturated carbocycles. The highest BCUT2D eigenvalue weighted by atomic mass is 35.5. The molecule has 3 amide bonds. The summed E-state index contributed by atoms with van der Waals surface area (Å²) in [6.07, 6.45) is 1.57. The SMILES string of the molecule is O=C1CC(N2C(=O)C(=Cc3ccc(Cl)cc3)SC2=S)C(=O)N1c1ccc(Cl)cc1. The van der Waals surface area contributed by atoms with Crippen molar-refractivity contribution in [2.45, 2.75) is 12.5 Å². The Morgan fingerprint density at radius 3 is 2.17 bits per heavy atom. The molecule has 0 bridgehead atoms. The lowest BCUT2D eigenvalue weighted by Crippen LogP contribution is -2.44. The lowest BCUT2D eigenvalue weighted by atomic mass is 10.2. The second-order valence-electron chi connectivity index (χ2n) is 6.37. The Hall–Kier alpha value is -2.19. The van der Waals surface area contributed by atoms with E-state index in [1.54, 1.807) is 54.6 Å². The Morgan fingerprint density at radius 2 is 1.55 bits per heavy atom. The Morgan fingerprint density at radius 1 is 0.966 bits per heavy atom. The van der Waals surface area contributed by atoms with E-state index in [1.807, 2.05) is 0 Å². The smallest absolute Gasteiger partial charge is 0.266 e. The molecule has 0 spiro atoms. The van der Waals surface area contributed by atoms with E-state index in [-0.39, 0.29) is 16.6 Å². The summed E-state index contributed by atoms with van der Waals surface area (Å²) in [6, 6.07) is 12.4. The third-order valence-electron chi connectivity index (χ3n) is 4.51. The highest BCUT2D eigenvalue weighted by Gasteiger charge is 2.48. The summed E-state index contributed by atoms with van der Waals surface area (Å²) in [4.78, 5) is 41.1. The number of thiocarbonyl (C=S) groups is 1. The van der Waals surface area contributed by atoms with Gasteiger partial charge in [-0.25, -0.2) is 4.90 Å². The summed E-state index contributed by atoms with van der Waals surface area (Å²) < 4.78 is 0.249. The maximum atomic E-state index is 13.0. The minimum Gasteiger partial charge on any atom is -0.280 e. The molecule has 2 heterocycles. The standard InChI is InChI=1S/C20H12Cl2N2O3S2/c21-12-3-1-11(2-4-12)9-16-19(27)24(20(28)29-16)15-10-17(25)23(18(15)26)14-7-5-13(22)6-8-14/h1-9,15H,10H2. The van der Waals surface area contributed by atoms with Gasteiger partial charge < -0.3 is 0 Å². The van der Waals surface area contributed by atoms with Gasteiger partial charge >= 0.3 is 0 Å². The summed E-state index contributed by atoms with van der Waals surface area (Å²) in [7, 11) is 0. The Balaban J connectivity index is 1.59. The zero-order chi connectivity index (χ0) is 20.7. The molecule has 2 aromatic rings. The molecule has 2 fully saturated rings. The molecule has 0 aromatic heterocycles. The first-order valence-electron chi connectivity index (χ1n) is 8.50. The van der Waals surface area contributed by atoms with Gasteiger partial charge in [-0.1, -0.05) is 59.3 Å². The number of hydrogen-bond donors (Lipinski definition) is 0. The normalized spacial score (nSPS) is 21.0. The fraction of sp³-hybridized carbons (Fsp3) is 0.100. The van der Waals surface area contributed by atoms with Crippen LogP contribution in [0.3, 0.4) is 0 Å². The number of halogens is 2. The number of benzene rings is 2. The van der Waals surface area contributed by atoms with Gasteiger partial charge in [-0.15, -0.1) is 0 Å². The molecule has 0 radical (unpaired) electrons. The predicted octanol–water partition coefficient (Wildman–Crippen LogP) is 4.53. The molecule has 2 aliphatic heterocycles. The average molecular weight is 463 g/mol. The lowest BCUT2D eigenvalue weighted by molar-refractivity contribution is -0.129. The van der Waals surface area contributed by atoms with Crippen LogP contribution < -0.4 is 4.90 Å². The van der Waals surface area contributed by atoms with Gasteiger partial charge in [0.15, 0.2) is 0 Å². The van der Waals surface area contributed by atoms with Gasteiger partial charge in [0.25, 0.3) is 11.8 Å². The minimum atomic E-state index is -0.957. The second-order valence-corrected chi connectivity index (χ2v) is 8.92. The first-order chi connectivity index (χ1) is 13.8. The molecule has 1 atom stereocenters. The minimum absolute atomic E-state index is 0.123. The maximum absolute atomic E-state index is 13.0. The van der Waals surface area contributed by atoms with Gasteiger partial charge in [0.05, 0.1) is 17.0 Å². The van der Waals surface area contributed by atoms with E-state index >= 15 is 0 Å². The van der Waals surface area contributed by atoms with E-state index in [2.05, 4.69) is 0 Å². The number of carbonyl (C=O) groups excluding carboxylic acids is 3. The van der Waals surface area contributed by atoms with Crippen LogP contribution in [0.25, 0.3) is 6.08 Å². The number of carbonyl (C=O) groups is 3. The number of thioether (sulfide) groups is 1. The topological polar surface area (TPSA) is 57.7 Å². The van der Waals surface area contributed by atoms with Crippen LogP contribution in [0.5, 0.6) is 0 Å². The van der Waals surface area contributed by atoms with Gasteiger partial charge in [0.1, 0.15) is 10.4 Å². The van der Waals surface area contributed by atoms with E-state index in [9.17, 15) is 14.4 Å². The highest BCUT2D eigenvalue weighted by molar-refractivity contribution is 8.26. The Kier molecular flexibility index (Phi) is 5.48. The van der Waals surface area contributed by atoms with Gasteiger partial charge in [-0.3, -0.25) is 19.3 Å². The van der Waals surface area contributed by atoms with E-state index < -0.39 is 17.9 Å². The van der Waals surface area contributed by atoms with Crippen LogP contribution >= 0.6 is 47.2 Å². The van der Waals surface area contributed by atoms with Crippen molar-refractivity contribution < 1.29 is 14.4 Å². The molecule has 0 N–H and O–H groups in total. The highest BCUT2D eigenvalue weighted by Crippen LogP contribution is 2.37. The number of rotatable bonds is 3. The first-order valence-corrected chi connectivity index (χ1v) is 10.5. The monoisotopic (exact) mass is 462 g/mol. The first kappa shape index (κ1) is 20.1. The van der Waals surface area contributed by atoms with Crippen LogP contribution in [-0.4, -0.2) is 33.0 Å². The third-order valence-corrected chi connectivity index (χ3v) is 6.34. The molecule has 5 nitrogen and oxygen atoms in total. The second kappa shape index (κ2) is 7.91. The van der Waals surface area contributed by atoms with Crippen LogP contribution in [-0.2, 0) is 14.4 Å². The number of nitrogens with zero attached hydrogens (tertiary/aromatic N) is 2. The fourth-order valence-electron chi connectivity index (χ4n) is 3.14. The van der Waals surface area contributed by atoms with Crippen molar-refractivity contribution >= 4 is 81.0 Å². The summed E-state index contributed by atoms with van der Waals surface area (Å²) in [5, 5.41) is 1.08. The van der Waals surface area contributed by atoms with Gasteiger partial charge in [-0.05, 0) is 48.0 Å². The van der Waals surface area contributed by atoms with E-state index in [0.29, 0.717) is 20.6 Å². The summed E-state index contributed by atoms with van der Waals surface area (Å²) >= 11 is 18.2. The van der Waals surface area contributed by atoms with Crippen molar-refractivity contribution in [3.8, 4) is 0 Å². The molecule has 29 heavy (non-hydrogen) atoms. The van der Waals surface area contributed by atoms with Crippen molar-refractivity contribution in [1.29, 1.82) is 0 Å². The van der Waals surface area contributed by atoms with Crippen LogP contribution in [0.1, 0.15) is 12.0 Å². The molecule has 0 aliphatic carbocycles. The number of anilines is 1. The molecule has 4 rings (SSSR count). The average Bonchev–Trinajstić information content (AvgIpc) is 3.12. The third kappa shape index (κ3) is 3.83. The van der Waals surface area contributed by atoms with E-state index in [0.717, 1.165) is 22.2 Å². The molecule has 2 saturated heterocycles. The van der Waals surface area contributed by atoms with Crippen LogP contribution in [0, 0.1) is 0 Å². The molecule has 1 unspecified atom stereocenters.